The SMILES string of the molecule is CS(=O)(=O)N1CCC(C(=O)N[C@@H](CC(=O)O)c2ccc(F)cc2)CC1. The quantitative estimate of drug-likeness (QED) is 0.779. The van der Waals surface area contributed by atoms with Crippen molar-refractivity contribution in [1.82, 2.24) is 9.62 Å². The molecular weight excluding hydrogens is 351 g/mol. The number of amides is 1. The summed E-state index contributed by atoms with van der Waals surface area (Å²) < 4.78 is 37.4. The van der Waals surface area contributed by atoms with Crippen molar-refractivity contribution in [1.29, 1.82) is 0 Å². The first-order chi connectivity index (χ1) is 11.7. The molecule has 0 aliphatic carbocycles. The molecule has 0 unspecified atom stereocenters. The minimum atomic E-state index is -3.27. The van der Waals surface area contributed by atoms with Crippen LogP contribution in [0.25, 0.3) is 0 Å². The molecule has 1 atom stereocenters. The third kappa shape index (κ3) is 5.50. The topological polar surface area (TPSA) is 104 Å². The summed E-state index contributed by atoms with van der Waals surface area (Å²) in [6.45, 7) is 0.522. The molecule has 1 amide bonds. The Hall–Kier alpha value is -2.00. The van der Waals surface area contributed by atoms with E-state index < -0.39 is 27.9 Å². The second-order valence-corrected chi connectivity index (χ2v) is 8.13. The summed E-state index contributed by atoms with van der Waals surface area (Å²) >= 11 is 0. The van der Waals surface area contributed by atoms with Gasteiger partial charge in [-0.25, -0.2) is 17.1 Å². The van der Waals surface area contributed by atoms with Gasteiger partial charge >= 0.3 is 5.97 Å². The summed E-state index contributed by atoms with van der Waals surface area (Å²) in [5.74, 6) is -2.22. The van der Waals surface area contributed by atoms with Gasteiger partial charge in [0.1, 0.15) is 5.82 Å². The van der Waals surface area contributed by atoms with Crippen LogP contribution in [0.2, 0.25) is 0 Å². The molecule has 2 rings (SSSR count). The van der Waals surface area contributed by atoms with Crippen LogP contribution in [0.3, 0.4) is 0 Å². The van der Waals surface area contributed by atoms with Gasteiger partial charge in [-0.05, 0) is 30.5 Å². The van der Waals surface area contributed by atoms with Gasteiger partial charge in [-0.1, -0.05) is 12.1 Å². The van der Waals surface area contributed by atoms with Crippen molar-refractivity contribution in [2.75, 3.05) is 19.3 Å². The predicted octanol–water partition coefficient (Wildman–Crippen LogP) is 1.13. The lowest BCUT2D eigenvalue weighted by atomic mass is 9.95. The molecule has 138 valence electrons. The Morgan fingerprint density at radius 2 is 1.84 bits per heavy atom. The molecule has 1 aliphatic rings. The number of benzene rings is 1. The van der Waals surface area contributed by atoms with Crippen LogP contribution in [0, 0.1) is 11.7 Å². The molecule has 0 spiro atoms. The number of carbonyl (C=O) groups is 2. The number of piperidine rings is 1. The Labute approximate surface area is 145 Å². The normalized spacial score (nSPS) is 17.8. The number of carbonyl (C=O) groups excluding carboxylic acids is 1. The van der Waals surface area contributed by atoms with Gasteiger partial charge < -0.3 is 10.4 Å². The lowest BCUT2D eigenvalue weighted by Crippen LogP contribution is -2.43. The van der Waals surface area contributed by atoms with Crippen LogP contribution < -0.4 is 5.32 Å². The van der Waals surface area contributed by atoms with Crippen molar-refractivity contribution in [2.24, 2.45) is 5.92 Å². The molecule has 1 saturated heterocycles. The first kappa shape index (κ1) is 19.3. The van der Waals surface area contributed by atoms with Crippen molar-refractivity contribution in [3.8, 4) is 0 Å². The number of rotatable bonds is 6. The summed E-state index contributed by atoms with van der Waals surface area (Å²) in [6.07, 6.45) is 1.56. The first-order valence-electron chi connectivity index (χ1n) is 7.89. The number of nitrogens with one attached hydrogen (secondary N) is 1. The number of hydrogen-bond acceptors (Lipinski definition) is 4. The van der Waals surface area contributed by atoms with Gasteiger partial charge in [0.05, 0.1) is 18.7 Å². The predicted molar refractivity (Wildman–Crippen MR) is 88.7 cm³/mol. The lowest BCUT2D eigenvalue weighted by Gasteiger charge is -2.30. The highest BCUT2D eigenvalue weighted by molar-refractivity contribution is 7.88. The Kier molecular flexibility index (Phi) is 6.12. The minimum Gasteiger partial charge on any atom is -0.481 e. The molecule has 2 N–H and O–H groups in total. The Bertz CT molecular complexity index is 727. The molecule has 1 fully saturated rings. The van der Waals surface area contributed by atoms with Crippen molar-refractivity contribution in [3.63, 3.8) is 0 Å². The summed E-state index contributed by atoms with van der Waals surface area (Å²) in [6, 6.07) is 4.53. The second kappa shape index (κ2) is 7.92. The zero-order chi connectivity index (χ0) is 18.6. The number of nitrogens with zero attached hydrogens (tertiary/aromatic N) is 1. The van der Waals surface area contributed by atoms with Crippen LogP contribution in [-0.2, 0) is 19.6 Å². The van der Waals surface area contributed by atoms with Gasteiger partial charge in [-0.3, -0.25) is 9.59 Å². The van der Waals surface area contributed by atoms with Gasteiger partial charge in [0.25, 0.3) is 0 Å². The second-order valence-electron chi connectivity index (χ2n) is 6.15. The highest BCUT2D eigenvalue weighted by atomic mass is 32.2. The van der Waals surface area contributed by atoms with E-state index in [1.165, 1.54) is 28.6 Å². The standard InChI is InChI=1S/C16H21FN2O5S/c1-25(23,24)19-8-6-12(7-9-19)16(22)18-14(10-15(20)21)11-2-4-13(17)5-3-11/h2-5,12,14H,6-10H2,1H3,(H,18,22)(H,20,21)/t14-/m0/s1. The van der Waals surface area contributed by atoms with Crippen LogP contribution in [0.1, 0.15) is 30.9 Å². The van der Waals surface area contributed by atoms with E-state index in [9.17, 15) is 22.4 Å². The first-order valence-corrected chi connectivity index (χ1v) is 9.74. The van der Waals surface area contributed by atoms with Gasteiger partial charge in [0.15, 0.2) is 0 Å². The minimum absolute atomic E-state index is 0.261. The third-order valence-electron chi connectivity index (χ3n) is 4.26. The van der Waals surface area contributed by atoms with Crippen LogP contribution in [0.5, 0.6) is 0 Å². The molecule has 0 aromatic heterocycles. The smallest absolute Gasteiger partial charge is 0.305 e. The van der Waals surface area contributed by atoms with Gasteiger partial charge in [-0.15, -0.1) is 0 Å². The van der Waals surface area contributed by atoms with E-state index in [0.717, 1.165) is 6.26 Å². The van der Waals surface area contributed by atoms with Crippen LogP contribution in [0.15, 0.2) is 24.3 Å². The van der Waals surface area contributed by atoms with Gasteiger partial charge in [0, 0.05) is 19.0 Å². The van der Waals surface area contributed by atoms with Crippen molar-refractivity contribution < 1.29 is 27.5 Å². The lowest BCUT2D eigenvalue weighted by molar-refractivity contribution is -0.138. The van der Waals surface area contributed by atoms with Crippen LogP contribution in [0.4, 0.5) is 4.39 Å². The fourth-order valence-electron chi connectivity index (χ4n) is 2.86. The van der Waals surface area contributed by atoms with E-state index in [-0.39, 0.29) is 31.3 Å². The maximum absolute atomic E-state index is 13.0. The van der Waals surface area contributed by atoms with E-state index in [1.807, 2.05) is 0 Å². The third-order valence-corrected chi connectivity index (χ3v) is 5.56. The van der Waals surface area contributed by atoms with E-state index >= 15 is 0 Å². The summed E-state index contributed by atoms with van der Waals surface area (Å²) in [7, 11) is -3.27. The molecule has 25 heavy (non-hydrogen) atoms. The highest BCUT2D eigenvalue weighted by Crippen LogP contribution is 2.23. The average Bonchev–Trinajstić information content (AvgIpc) is 2.54. The number of hydrogen-bond donors (Lipinski definition) is 2. The molecule has 7 nitrogen and oxygen atoms in total. The van der Waals surface area contributed by atoms with Gasteiger partial charge in [0.2, 0.25) is 15.9 Å². The maximum atomic E-state index is 13.0. The monoisotopic (exact) mass is 372 g/mol. The molecule has 0 saturated carbocycles. The van der Waals surface area contributed by atoms with Crippen LogP contribution in [-0.4, -0.2) is 49.1 Å². The molecule has 1 aromatic rings. The largest absolute Gasteiger partial charge is 0.481 e. The number of sulfonamides is 1. The van der Waals surface area contributed by atoms with Gasteiger partial charge in [-0.2, -0.15) is 0 Å². The molecule has 0 radical (unpaired) electrons. The number of halogens is 1. The van der Waals surface area contributed by atoms with Crippen LogP contribution >= 0.6 is 0 Å². The van der Waals surface area contributed by atoms with Crippen molar-refractivity contribution in [2.45, 2.75) is 25.3 Å². The fraction of sp³-hybridized carbons (Fsp3) is 0.500. The zero-order valence-corrected chi connectivity index (χ0v) is 14.6. The molecule has 0 bridgehead atoms. The average molecular weight is 372 g/mol. The Morgan fingerprint density at radius 1 is 1.28 bits per heavy atom. The van der Waals surface area contributed by atoms with Crippen molar-refractivity contribution in [3.05, 3.63) is 35.6 Å². The number of carboxylic acid groups (broad SMARTS) is 1. The molecule has 1 heterocycles. The molecule has 1 aliphatic heterocycles. The molecular formula is C16H21FN2O5S. The fourth-order valence-corrected chi connectivity index (χ4v) is 3.74. The zero-order valence-electron chi connectivity index (χ0n) is 13.8. The van der Waals surface area contributed by atoms with E-state index in [2.05, 4.69) is 5.32 Å². The van der Waals surface area contributed by atoms with E-state index in [0.29, 0.717) is 18.4 Å². The summed E-state index contributed by atoms with van der Waals surface area (Å²) in [5, 5.41) is 11.7. The van der Waals surface area contributed by atoms with E-state index in [1.54, 1.807) is 0 Å². The Morgan fingerprint density at radius 3 is 2.32 bits per heavy atom. The van der Waals surface area contributed by atoms with Crippen molar-refractivity contribution >= 4 is 21.9 Å². The molecule has 1 aromatic carbocycles. The summed E-state index contributed by atoms with van der Waals surface area (Å²) in [4.78, 5) is 23.5. The number of aliphatic carboxylic acids is 1. The summed E-state index contributed by atoms with van der Waals surface area (Å²) in [5.41, 5.74) is 0.505. The maximum Gasteiger partial charge on any atom is 0.305 e. The highest BCUT2D eigenvalue weighted by Gasteiger charge is 2.30. The van der Waals surface area contributed by atoms with E-state index in [4.69, 9.17) is 5.11 Å². The molecule has 9 heteroatoms. The number of carboxylic acids is 1. The Balaban J connectivity index is 2.02.